The van der Waals surface area contributed by atoms with Gasteiger partial charge in [0.15, 0.2) is 0 Å². The van der Waals surface area contributed by atoms with Crippen molar-refractivity contribution in [1.29, 1.82) is 0 Å². The van der Waals surface area contributed by atoms with Crippen molar-refractivity contribution in [3.63, 3.8) is 0 Å². The van der Waals surface area contributed by atoms with Gasteiger partial charge >= 0.3 is 0 Å². The summed E-state index contributed by atoms with van der Waals surface area (Å²) in [6.45, 7) is 6.90. The quantitative estimate of drug-likeness (QED) is 0.0555. The van der Waals surface area contributed by atoms with Crippen molar-refractivity contribution in [3.8, 4) is 0 Å². The fourth-order valence-corrected chi connectivity index (χ4v) is 11.3. The lowest BCUT2D eigenvalue weighted by Gasteiger charge is -2.28. The molecule has 0 unspecified atom stereocenters. The van der Waals surface area contributed by atoms with E-state index in [1.165, 1.54) is 154 Å². The lowest BCUT2D eigenvalue weighted by Crippen LogP contribution is -2.32. The van der Waals surface area contributed by atoms with E-state index in [0.717, 1.165) is 6.16 Å². The minimum Gasteiger partial charge on any atom is -0.0654 e. The summed E-state index contributed by atoms with van der Waals surface area (Å²) in [7, 11) is -1.96. The van der Waals surface area contributed by atoms with E-state index in [2.05, 4.69) is 124 Å². The SMILES string of the molecule is CCCCCCCc1ccc([P+](Cc2ccccc2)(c2ccc(CCCCCCC)cc2)c2ccc(CCCCCCC)cc2)cc1. The lowest BCUT2D eigenvalue weighted by atomic mass is 10.1. The molecule has 1 heteroatoms. The molecular formula is C46H64P+. The normalized spacial score (nSPS) is 11.6. The van der Waals surface area contributed by atoms with Crippen LogP contribution in [0.25, 0.3) is 0 Å². The van der Waals surface area contributed by atoms with Crippen LogP contribution in [0.2, 0.25) is 0 Å². The van der Waals surface area contributed by atoms with Gasteiger partial charge < -0.3 is 0 Å². The van der Waals surface area contributed by atoms with Crippen molar-refractivity contribution in [3.05, 3.63) is 125 Å². The molecular weight excluding hydrogens is 583 g/mol. The van der Waals surface area contributed by atoms with Crippen LogP contribution in [-0.4, -0.2) is 0 Å². The van der Waals surface area contributed by atoms with Crippen LogP contribution in [0.15, 0.2) is 103 Å². The first-order valence-electron chi connectivity index (χ1n) is 19.4. The topological polar surface area (TPSA) is 0 Å². The van der Waals surface area contributed by atoms with Gasteiger partial charge in [-0.3, -0.25) is 0 Å². The summed E-state index contributed by atoms with van der Waals surface area (Å²) in [5.41, 5.74) is 5.89. The van der Waals surface area contributed by atoms with Gasteiger partial charge in [0.1, 0.15) is 23.2 Å². The van der Waals surface area contributed by atoms with E-state index in [1.54, 1.807) is 0 Å². The van der Waals surface area contributed by atoms with Gasteiger partial charge in [-0.15, -0.1) is 0 Å². The Morgan fingerprint density at radius 2 is 0.638 bits per heavy atom. The molecule has 0 aliphatic rings. The summed E-state index contributed by atoms with van der Waals surface area (Å²) in [4.78, 5) is 0. The van der Waals surface area contributed by atoms with E-state index in [1.807, 2.05) is 0 Å². The van der Waals surface area contributed by atoms with E-state index in [9.17, 15) is 0 Å². The molecule has 0 amide bonds. The summed E-state index contributed by atoms with van der Waals surface area (Å²) in [5, 5.41) is 4.53. The first kappa shape index (κ1) is 37.1. The standard InChI is InChI=1S/C46H64P/c1-4-7-10-13-17-22-40-27-33-44(34-28-40)47(39-43-25-20-16-21-26-43,45-35-29-41(30-36-45)23-18-14-11-8-5-2)46-37-31-42(32-38-46)24-19-15-12-9-6-3/h16,20-21,25-38H,4-15,17-19,22-24,39H2,1-3H3/q+1. The minimum absolute atomic E-state index is 1.05. The first-order chi connectivity index (χ1) is 23.2. The number of hydrogen-bond acceptors (Lipinski definition) is 0. The van der Waals surface area contributed by atoms with Crippen LogP contribution in [-0.2, 0) is 25.4 Å². The average Bonchev–Trinajstić information content (AvgIpc) is 3.12. The number of rotatable bonds is 23. The molecule has 0 N–H and O–H groups in total. The van der Waals surface area contributed by atoms with Crippen molar-refractivity contribution in [2.75, 3.05) is 0 Å². The van der Waals surface area contributed by atoms with Crippen LogP contribution in [0, 0.1) is 0 Å². The van der Waals surface area contributed by atoms with Crippen LogP contribution in [0.1, 0.15) is 139 Å². The van der Waals surface area contributed by atoms with Gasteiger partial charge in [-0.2, -0.15) is 0 Å². The smallest absolute Gasteiger partial charge is 0.0654 e. The van der Waals surface area contributed by atoms with E-state index in [4.69, 9.17) is 0 Å². The number of aryl methyl sites for hydroxylation is 3. The van der Waals surface area contributed by atoms with Gasteiger partial charge in [0.2, 0.25) is 0 Å². The average molecular weight is 648 g/mol. The predicted molar refractivity (Wildman–Crippen MR) is 213 cm³/mol. The Morgan fingerprint density at radius 3 is 0.957 bits per heavy atom. The van der Waals surface area contributed by atoms with Crippen LogP contribution in [0.5, 0.6) is 0 Å². The molecule has 0 spiro atoms. The molecule has 0 aliphatic carbocycles. The van der Waals surface area contributed by atoms with E-state index in [0.29, 0.717) is 0 Å². The number of benzene rings is 4. The molecule has 0 aliphatic heterocycles. The molecule has 252 valence electrons. The van der Waals surface area contributed by atoms with Gasteiger partial charge in [0, 0.05) is 0 Å². The molecule has 0 atom stereocenters. The second-order valence-corrected chi connectivity index (χ2v) is 17.4. The zero-order valence-electron chi connectivity index (χ0n) is 30.2. The highest BCUT2D eigenvalue weighted by Gasteiger charge is 2.45. The van der Waals surface area contributed by atoms with Gasteiger partial charge in [-0.05, 0) is 97.2 Å². The Kier molecular flexibility index (Phi) is 16.8. The summed E-state index contributed by atoms with van der Waals surface area (Å²) in [5.74, 6) is 0. The van der Waals surface area contributed by atoms with E-state index in [-0.39, 0.29) is 0 Å². The summed E-state index contributed by atoms with van der Waals surface area (Å²) in [6, 6.07) is 41.0. The zero-order valence-corrected chi connectivity index (χ0v) is 31.1. The highest BCUT2D eigenvalue weighted by Crippen LogP contribution is 2.58. The molecule has 0 saturated carbocycles. The Balaban J connectivity index is 1.68. The van der Waals surface area contributed by atoms with Gasteiger partial charge in [-0.1, -0.05) is 165 Å². The van der Waals surface area contributed by atoms with Crippen molar-refractivity contribution in [1.82, 2.24) is 0 Å². The van der Waals surface area contributed by atoms with Crippen molar-refractivity contribution >= 4 is 23.2 Å². The molecule has 0 saturated heterocycles. The maximum Gasteiger partial charge on any atom is 0.116 e. The third-order valence-corrected chi connectivity index (χ3v) is 14.5. The van der Waals surface area contributed by atoms with Gasteiger partial charge in [0.05, 0.1) is 6.16 Å². The monoisotopic (exact) mass is 647 g/mol. The first-order valence-corrected chi connectivity index (χ1v) is 21.4. The highest BCUT2D eigenvalue weighted by atomic mass is 31.2. The molecule has 0 nitrogen and oxygen atoms in total. The van der Waals surface area contributed by atoms with Gasteiger partial charge in [-0.25, -0.2) is 0 Å². The fraction of sp³-hybridized carbons (Fsp3) is 0.478. The molecule has 0 heterocycles. The summed E-state index contributed by atoms with van der Waals surface area (Å²) < 4.78 is 0. The van der Waals surface area contributed by atoms with Gasteiger partial charge in [0.25, 0.3) is 0 Å². The lowest BCUT2D eigenvalue weighted by molar-refractivity contribution is 0.632. The number of hydrogen-bond donors (Lipinski definition) is 0. The summed E-state index contributed by atoms with van der Waals surface area (Å²) >= 11 is 0. The van der Waals surface area contributed by atoms with Crippen LogP contribution >= 0.6 is 7.26 Å². The van der Waals surface area contributed by atoms with Crippen molar-refractivity contribution in [2.45, 2.75) is 143 Å². The van der Waals surface area contributed by atoms with Crippen LogP contribution in [0.4, 0.5) is 0 Å². The predicted octanol–water partition coefficient (Wildman–Crippen LogP) is 12.7. The highest BCUT2D eigenvalue weighted by molar-refractivity contribution is 7.95. The molecule has 47 heavy (non-hydrogen) atoms. The van der Waals surface area contributed by atoms with Crippen molar-refractivity contribution in [2.24, 2.45) is 0 Å². The van der Waals surface area contributed by atoms with Crippen molar-refractivity contribution < 1.29 is 0 Å². The second-order valence-electron chi connectivity index (χ2n) is 13.9. The molecule has 0 bridgehead atoms. The molecule has 0 radical (unpaired) electrons. The Labute approximate surface area is 290 Å². The second kappa shape index (κ2) is 21.3. The number of unbranched alkanes of at least 4 members (excludes halogenated alkanes) is 12. The summed E-state index contributed by atoms with van der Waals surface area (Å²) in [6.07, 6.45) is 24.6. The largest absolute Gasteiger partial charge is 0.116 e. The van der Waals surface area contributed by atoms with E-state index >= 15 is 0 Å². The maximum absolute atomic E-state index is 2.50. The third kappa shape index (κ3) is 11.8. The minimum atomic E-state index is -1.96. The molecule has 0 aromatic heterocycles. The molecule has 4 aromatic carbocycles. The Hall–Kier alpha value is -2.69. The van der Waals surface area contributed by atoms with Crippen LogP contribution in [0.3, 0.4) is 0 Å². The molecule has 0 fully saturated rings. The molecule has 4 rings (SSSR count). The van der Waals surface area contributed by atoms with Crippen LogP contribution < -0.4 is 15.9 Å². The Bertz CT molecular complexity index is 1210. The maximum atomic E-state index is 2.50. The third-order valence-electron chi connectivity index (χ3n) is 10.1. The van der Waals surface area contributed by atoms with E-state index < -0.39 is 7.26 Å². The molecule has 4 aromatic rings. The fourth-order valence-electron chi connectivity index (χ4n) is 7.13. The zero-order chi connectivity index (χ0) is 33.0. The Morgan fingerprint density at radius 1 is 0.319 bits per heavy atom.